The molecule has 1 heterocycles. The molecule has 3 aromatic rings. The molecule has 9 heteroatoms. The van der Waals surface area contributed by atoms with Crippen LogP contribution in [0.1, 0.15) is 13.8 Å². The fourth-order valence-corrected chi connectivity index (χ4v) is 3.26. The number of H-pyrrole nitrogens is 1. The van der Waals surface area contributed by atoms with Crippen LogP contribution in [0.3, 0.4) is 0 Å². The van der Waals surface area contributed by atoms with Crippen LogP contribution >= 0.6 is 11.8 Å². The number of ether oxygens (including phenoxy) is 1. The Bertz CT molecular complexity index is 988. The van der Waals surface area contributed by atoms with Crippen molar-refractivity contribution in [2.75, 3.05) is 11.9 Å². The van der Waals surface area contributed by atoms with E-state index in [0.29, 0.717) is 17.5 Å². The van der Waals surface area contributed by atoms with E-state index in [4.69, 9.17) is 4.74 Å². The van der Waals surface area contributed by atoms with Crippen molar-refractivity contribution in [3.8, 4) is 5.75 Å². The highest BCUT2D eigenvalue weighted by molar-refractivity contribution is 8.00. The van der Waals surface area contributed by atoms with Gasteiger partial charge in [-0.3, -0.25) is 14.9 Å². The van der Waals surface area contributed by atoms with Crippen LogP contribution in [-0.2, 0) is 4.79 Å². The van der Waals surface area contributed by atoms with Crippen LogP contribution < -0.4 is 10.1 Å². The number of nitro groups is 1. The van der Waals surface area contributed by atoms with Crippen molar-refractivity contribution in [3.05, 3.63) is 52.6 Å². The summed E-state index contributed by atoms with van der Waals surface area (Å²) in [5.41, 5.74) is 1.92. The number of fused-ring (bicyclic) bond motifs is 1. The largest absolute Gasteiger partial charge is 0.494 e. The molecule has 0 aliphatic heterocycles. The third-order valence-corrected chi connectivity index (χ3v) is 4.71. The molecule has 0 fully saturated rings. The standard InChI is InChI=1S/C18H18N4O4S/c1-3-26-14-7-8-15-16(10-14)21-18(20-15)27-11(2)17(23)19-12-5-4-6-13(9-12)22(24)25/h4-11H,3H2,1-2H3,(H,19,23)(H,20,21)/t11-/m1/s1. The van der Waals surface area contributed by atoms with Crippen molar-refractivity contribution in [2.24, 2.45) is 0 Å². The van der Waals surface area contributed by atoms with Crippen molar-refractivity contribution in [1.82, 2.24) is 9.97 Å². The molecule has 0 unspecified atom stereocenters. The number of benzene rings is 2. The Balaban J connectivity index is 1.68. The fourth-order valence-electron chi connectivity index (χ4n) is 2.44. The quantitative estimate of drug-likeness (QED) is 0.361. The van der Waals surface area contributed by atoms with E-state index in [-0.39, 0.29) is 11.6 Å². The summed E-state index contributed by atoms with van der Waals surface area (Å²) in [7, 11) is 0. The van der Waals surface area contributed by atoms with Gasteiger partial charge in [0.25, 0.3) is 5.69 Å². The second kappa shape index (κ2) is 8.09. The molecule has 1 aromatic heterocycles. The number of amides is 1. The molecule has 0 aliphatic rings. The number of rotatable bonds is 7. The van der Waals surface area contributed by atoms with E-state index in [1.807, 2.05) is 25.1 Å². The molecule has 2 N–H and O–H groups in total. The number of thioether (sulfide) groups is 1. The summed E-state index contributed by atoms with van der Waals surface area (Å²) in [5, 5.41) is 13.7. The van der Waals surface area contributed by atoms with E-state index >= 15 is 0 Å². The van der Waals surface area contributed by atoms with Gasteiger partial charge in [-0.1, -0.05) is 17.8 Å². The van der Waals surface area contributed by atoms with E-state index in [9.17, 15) is 14.9 Å². The molecule has 1 amide bonds. The summed E-state index contributed by atoms with van der Waals surface area (Å²) in [6.07, 6.45) is 0. The first-order chi connectivity index (χ1) is 13.0. The number of aromatic amines is 1. The van der Waals surface area contributed by atoms with Crippen molar-refractivity contribution < 1.29 is 14.5 Å². The minimum absolute atomic E-state index is 0.0736. The molecule has 0 bridgehead atoms. The molecule has 27 heavy (non-hydrogen) atoms. The molecule has 0 saturated carbocycles. The summed E-state index contributed by atoms with van der Waals surface area (Å²) in [6, 6.07) is 11.4. The summed E-state index contributed by atoms with van der Waals surface area (Å²) in [5.74, 6) is 0.484. The third kappa shape index (κ3) is 4.56. The number of hydrogen-bond acceptors (Lipinski definition) is 6. The van der Waals surface area contributed by atoms with Crippen molar-refractivity contribution >= 4 is 40.1 Å². The maximum atomic E-state index is 12.4. The number of hydrogen-bond donors (Lipinski definition) is 2. The molecule has 1 atom stereocenters. The van der Waals surface area contributed by atoms with Gasteiger partial charge in [-0.2, -0.15) is 0 Å². The van der Waals surface area contributed by atoms with E-state index < -0.39 is 10.2 Å². The highest BCUT2D eigenvalue weighted by Gasteiger charge is 2.18. The van der Waals surface area contributed by atoms with Crippen LogP contribution in [0.15, 0.2) is 47.6 Å². The lowest BCUT2D eigenvalue weighted by molar-refractivity contribution is -0.384. The van der Waals surface area contributed by atoms with Crippen molar-refractivity contribution in [1.29, 1.82) is 0 Å². The Morgan fingerprint density at radius 3 is 2.93 bits per heavy atom. The van der Waals surface area contributed by atoms with Gasteiger partial charge in [-0.25, -0.2) is 4.98 Å². The first kappa shape index (κ1) is 18.7. The van der Waals surface area contributed by atoms with E-state index in [2.05, 4.69) is 15.3 Å². The van der Waals surface area contributed by atoms with Crippen LogP contribution in [0.25, 0.3) is 11.0 Å². The smallest absolute Gasteiger partial charge is 0.271 e. The Morgan fingerprint density at radius 2 is 2.19 bits per heavy atom. The number of nitrogens with one attached hydrogen (secondary N) is 2. The molecule has 0 spiro atoms. The zero-order valence-corrected chi connectivity index (χ0v) is 15.6. The first-order valence-corrected chi connectivity index (χ1v) is 9.18. The lowest BCUT2D eigenvalue weighted by Gasteiger charge is -2.10. The van der Waals surface area contributed by atoms with Crippen LogP contribution in [-0.4, -0.2) is 32.7 Å². The third-order valence-electron chi connectivity index (χ3n) is 3.72. The van der Waals surface area contributed by atoms with Gasteiger partial charge < -0.3 is 15.0 Å². The fraction of sp³-hybridized carbons (Fsp3) is 0.222. The van der Waals surface area contributed by atoms with E-state index in [1.165, 1.54) is 30.0 Å². The maximum absolute atomic E-state index is 12.4. The van der Waals surface area contributed by atoms with Gasteiger partial charge in [0, 0.05) is 23.9 Å². The minimum atomic E-state index is -0.501. The van der Waals surface area contributed by atoms with Gasteiger partial charge in [0.1, 0.15) is 5.75 Å². The molecule has 140 valence electrons. The minimum Gasteiger partial charge on any atom is -0.494 e. The average molecular weight is 386 g/mol. The summed E-state index contributed by atoms with van der Waals surface area (Å²) in [6.45, 7) is 4.24. The number of aromatic nitrogens is 2. The normalized spacial score (nSPS) is 11.9. The zero-order valence-electron chi connectivity index (χ0n) is 14.8. The Labute approximate surface area is 159 Å². The van der Waals surface area contributed by atoms with Gasteiger partial charge in [-0.05, 0) is 32.0 Å². The number of nitrogens with zero attached hydrogens (tertiary/aromatic N) is 2. The molecular formula is C18H18N4O4S. The summed E-state index contributed by atoms with van der Waals surface area (Å²) >= 11 is 1.27. The van der Waals surface area contributed by atoms with E-state index in [0.717, 1.165) is 16.8 Å². The Kier molecular flexibility index (Phi) is 5.60. The number of imidazole rings is 1. The van der Waals surface area contributed by atoms with Crippen molar-refractivity contribution in [2.45, 2.75) is 24.3 Å². The number of carbonyl (C=O) groups is 1. The topological polar surface area (TPSA) is 110 Å². The lowest BCUT2D eigenvalue weighted by atomic mass is 10.2. The Hall–Kier alpha value is -3.07. The van der Waals surface area contributed by atoms with Gasteiger partial charge in [0.05, 0.1) is 27.8 Å². The number of nitro benzene ring substituents is 1. The highest BCUT2D eigenvalue weighted by atomic mass is 32.2. The maximum Gasteiger partial charge on any atom is 0.271 e. The number of non-ortho nitro benzene ring substituents is 1. The molecule has 2 aromatic carbocycles. The molecule has 0 aliphatic carbocycles. The van der Waals surface area contributed by atoms with Gasteiger partial charge in [0.15, 0.2) is 5.16 Å². The second-order valence-electron chi connectivity index (χ2n) is 5.71. The Morgan fingerprint density at radius 1 is 1.37 bits per heavy atom. The predicted molar refractivity (Wildman–Crippen MR) is 104 cm³/mol. The zero-order chi connectivity index (χ0) is 19.4. The number of carbonyl (C=O) groups excluding carboxylic acids is 1. The SMILES string of the molecule is CCOc1ccc2nc(S[C@H](C)C(=O)Nc3cccc([N+](=O)[O-])c3)[nH]c2c1. The average Bonchev–Trinajstić information content (AvgIpc) is 3.03. The van der Waals surface area contributed by atoms with Crippen LogP contribution in [0.5, 0.6) is 5.75 Å². The summed E-state index contributed by atoms with van der Waals surface area (Å²) < 4.78 is 5.47. The van der Waals surface area contributed by atoms with Crippen LogP contribution in [0, 0.1) is 10.1 Å². The van der Waals surface area contributed by atoms with Gasteiger partial charge in [0.2, 0.25) is 5.91 Å². The monoisotopic (exact) mass is 386 g/mol. The van der Waals surface area contributed by atoms with E-state index in [1.54, 1.807) is 13.0 Å². The van der Waals surface area contributed by atoms with Crippen LogP contribution in [0.4, 0.5) is 11.4 Å². The van der Waals surface area contributed by atoms with Gasteiger partial charge in [-0.15, -0.1) is 0 Å². The second-order valence-corrected chi connectivity index (χ2v) is 7.04. The molecule has 3 rings (SSSR count). The van der Waals surface area contributed by atoms with Crippen LogP contribution in [0.2, 0.25) is 0 Å². The molecule has 8 nitrogen and oxygen atoms in total. The highest BCUT2D eigenvalue weighted by Crippen LogP contribution is 2.27. The lowest BCUT2D eigenvalue weighted by Crippen LogP contribution is -2.22. The number of anilines is 1. The molecule has 0 saturated heterocycles. The van der Waals surface area contributed by atoms with Crippen molar-refractivity contribution in [3.63, 3.8) is 0 Å². The molecule has 0 radical (unpaired) electrons. The van der Waals surface area contributed by atoms with Gasteiger partial charge >= 0.3 is 0 Å². The summed E-state index contributed by atoms with van der Waals surface area (Å²) in [4.78, 5) is 30.4. The molecular weight excluding hydrogens is 368 g/mol. The first-order valence-electron chi connectivity index (χ1n) is 8.31. The predicted octanol–water partition coefficient (Wildman–Crippen LogP) is 3.99.